The van der Waals surface area contributed by atoms with Crippen LogP contribution in [0.15, 0.2) is 36.4 Å². The van der Waals surface area contributed by atoms with E-state index in [0.717, 1.165) is 0 Å². The van der Waals surface area contributed by atoms with Gasteiger partial charge >= 0.3 is 14.2 Å². The topological polar surface area (TPSA) is 99.4 Å². The van der Waals surface area contributed by atoms with Gasteiger partial charge in [-0.25, -0.2) is 0 Å². The molecule has 2 aromatic rings. The first-order valence-corrected chi connectivity index (χ1v) is 9.28. The third-order valence-corrected chi connectivity index (χ3v) is 5.43. The number of phenolic OH excluding ortho intramolecular Hbond substituents is 2. The lowest BCUT2D eigenvalue weighted by molar-refractivity contribution is 0.00578. The lowest BCUT2D eigenvalue weighted by Crippen LogP contribution is -2.41. The second kappa shape index (κ2) is 8.53. The number of hydrogen-bond acceptors (Lipinski definition) is 6. The normalized spacial score (nSPS) is 17.1. The zero-order chi connectivity index (χ0) is 21.3. The van der Waals surface area contributed by atoms with Crippen LogP contribution >= 0.6 is 23.2 Å². The molecule has 6 nitrogen and oxygen atoms in total. The van der Waals surface area contributed by atoms with Crippen LogP contribution in [-0.4, -0.2) is 45.7 Å². The first kappa shape index (κ1) is 22.9. The van der Waals surface area contributed by atoms with Crippen molar-refractivity contribution in [3.8, 4) is 11.5 Å². The average molecular weight is 427 g/mol. The number of hydrogen-bond donors (Lipinski definition) is 4. The van der Waals surface area contributed by atoms with Crippen molar-refractivity contribution >= 4 is 48.4 Å². The molecular weight excluding hydrogens is 405 g/mol. The van der Waals surface area contributed by atoms with E-state index in [1.54, 1.807) is 12.1 Å². The van der Waals surface area contributed by atoms with Gasteiger partial charge in [0.25, 0.3) is 0 Å². The molecule has 1 heterocycles. The Labute approximate surface area is 174 Å². The maximum atomic E-state index is 9.49. The van der Waals surface area contributed by atoms with Gasteiger partial charge in [0, 0.05) is 21.0 Å². The van der Waals surface area contributed by atoms with E-state index >= 15 is 0 Å². The first-order valence-electron chi connectivity index (χ1n) is 8.52. The second-order valence-corrected chi connectivity index (χ2v) is 8.19. The van der Waals surface area contributed by atoms with Crippen molar-refractivity contribution in [2.45, 2.75) is 38.9 Å². The molecule has 3 rings (SSSR count). The number of phenols is 2. The molecule has 0 atom stereocenters. The number of rotatable bonds is 2. The van der Waals surface area contributed by atoms with E-state index in [0.29, 0.717) is 10.5 Å². The predicted octanol–water partition coefficient (Wildman–Crippen LogP) is 2.07. The van der Waals surface area contributed by atoms with Crippen LogP contribution in [0.1, 0.15) is 27.7 Å². The summed E-state index contributed by atoms with van der Waals surface area (Å²) in [6.45, 7) is 7.90. The van der Waals surface area contributed by atoms with E-state index in [9.17, 15) is 5.11 Å². The quantitative estimate of drug-likeness (QED) is 0.549. The molecule has 0 aliphatic carbocycles. The Balaban J connectivity index is 0.000000221. The Morgan fingerprint density at radius 3 is 1.75 bits per heavy atom. The fraction of sp³-hybridized carbons (Fsp3) is 0.333. The van der Waals surface area contributed by atoms with Gasteiger partial charge in [0.15, 0.2) is 0 Å². The summed E-state index contributed by atoms with van der Waals surface area (Å²) in [5, 5.41) is 36.5. The minimum atomic E-state index is -1.64. The Morgan fingerprint density at radius 2 is 1.29 bits per heavy atom. The van der Waals surface area contributed by atoms with Gasteiger partial charge < -0.3 is 29.6 Å². The van der Waals surface area contributed by atoms with Crippen molar-refractivity contribution < 1.29 is 29.6 Å². The van der Waals surface area contributed by atoms with Gasteiger partial charge in [-0.1, -0.05) is 23.2 Å². The highest BCUT2D eigenvalue weighted by Crippen LogP contribution is 2.37. The molecule has 150 valence electrons. The molecule has 0 unspecified atom stereocenters. The summed E-state index contributed by atoms with van der Waals surface area (Å²) >= 11 is 11.7. The summed E-state index contributed by atoms with van der Waals surface area (Å²) in [5.74, 6) is 0.108. The first-order chi connectivity index (χ1) is 12.8. The van der Waals surface area contributed by atoms with Crippen LogP contribution in [0.4, 0.5) is 0 Å². The third-order valence-electron chi connectivity index (χ3n) is 4.74. The van der Waals surface area contributed by atoms with Gasteiger partial charge in [-0.15, -0.1) is 0 Å². The molecule has 28 heavy (non-hydrogen) atoms. The summed E-state index contributed by atoms with van der Waals surface area (Å²) in [4.78, 5) is 0. The monoisotopic (exact) mass is 426 g/mol. The highest BCUT2D eigenvalue weighted by molar-refractivity contribution is 6.65. The molecule has 1 fully saturated rings. The van der Waals surface area contributed by atoms with Crippen molar-refractivity contribution in [3.05, 3.63) is 46.4 Å². The molecule has 0 aromatic heterocycles. The van der Waals surface area contributed by atoms with Crippen LogP contribution in [0.25, 0.3) is 0 Å². The van der Waals surface area contributed by atoms with Gasteiger partial charge in [-0.2, -0.15) is 0 Å². The minimum absolute atomic E-state index is 0.0440. The van der Waals surface area contributed by atoms with E-state index in [2.05, 4.69) is 0 Å². The number of benzene rings is 2. The molecule has 10 heteroatoms. The zero-order valence-electron chi connectivity index (χ0n) is 16.0. The Hall–Kier alpha value is -1.41. The summed E-state index contributed by atoms with van der Waals surface area (Å²) < 4.78 is 11.7. The average Bonchev–Trinajstić information content (AvgIpc) is 2.80. The fourth-order valence-corrected chi connectivity index (χ4v) is 2.83. The van der Waals surface area contributed by atoms with Crippen LogP contribution in [-0.2, 0) is 9.31 Å². The van der Waals surface area contributed by atoms with Gasteiger partial charge in [-0.3, -0.25) is 0 Å². The summed E-state index contributed by atoms with van der Waals surface area (Å²) in [6, 6.07) is 8.71. The van der Waals surface area contributed by atoms with E-state index in [4.69, 9.17) is 47.7 Å². The lowest BCUT2D eigenvalue weighted by Gasteiger charge is -2.32. The summed E-state index contributed by atoms with van der Waals surface area (Å²) in [6.07, 6.45) is 0. The van der Waals surface area contributed by atoms with Crippen molar-refractivity contribution in [1.82, 2.24) is 0 Å². The van der Waals surface area contributed by atoms with Crippen molar-refractivity contribution in [3.63, 3.8) is 0 Å². The van der Waals surface area contributed by atoms with Crippen LogP contribution in [0, 0.1) is 0 Å². The molecule has 0 bridgehead atoms. The van der Waals surface area contributed by atoms with Gasteiger partial charge in [0.1, 0.15) is 11.5 Å². The van der Waals surface area contributed by atoms with Gasteiger partial charge in [0.05, 0.1) is 11.2 Å². The maximum Gasteiger partial charge on any atom is 0.496 e. The lowest BCUT2D eigenvalue weighted by atomic mass is 9.79. The van der Waals surface area contributed by atoms with Gasteiger partial charge in [0.2, 0.25) is 0 Å². The van der Waals surface area contributed by atoms with Crippen molar-refractivity contribution in [2.24, 2.45) is 0 Å². The molecule has 4 N–H and O–H groups in total. The van der Waals surface area contributed by atoms with Crippen LogP contribution in [0.2, 0.25) is 10.0 Å². The third kappa shape index (κ3) is 5.14. The van der Waals surface area contributed by atoms with Crippen molar-refractivity contribution in [2.75, 3.05) is 0 Å². The SMILES string of the molecule is CC1(C)OB(c2cc(O)ccc2Cl)OC1(C)C.OB(O)c1cc(O)ccc1Cl. The molecule has 0 amide bonds. The molecule has 1 saturated heterocycles. The van der Waals surface area contributed by atoms with E-state index in [1.165, 1.54) is 24.3 Å². The fourth-order valence-electron chi connectivity index (χ4n) is 2.41. The molecule has 0 saturated carbocycles. The Bertz CT molecular complexity index is 829. The molecule has 1 aliphatic heterocycles. The van der Waals surface area contributed by atoms with Crippen LogP contribution in [0.3, 0.4) is 0 Å². The molecule has 2 aromatic carbocycles. The Morgan fingerprint density at radius 1 is 0.821 bits per heavy atom. The van der Waals surface area contributed by atoms with Crippen LogP contribution in [0.5, 0.6) is 11.5 Å². The molecule has 0 spiro atoms. The number of aromatic hydroxyl groups is 2. The van der Waals surface area contributed by atoms with E-state index < -0.39 is 25.4 Å². The zero-order valence-corrected chi connectivity index (χ0v) is 17.5. The summed E-state index contributed by atoms with van der Waals surface area (Å²) in [7, 11) is -2.19. The number of halogens is 2. The second-order valence-electron chi connectivity index (χ2n) is 7.37. The predicted molar refractivity (Wildman–Crippen MR) is 112 cm³/mol. The molecule has 1 aliphatic rings. The maximum absolute atomic E-state index is 9.49. The highest BCUT2D eigenvalue weighted by Gasteiger charge is 2.52. The Kier molecular flexibility index (Phi) is 6.97. The molecular formula is C18H22B2Cl2O6. The van der Waals surface area contributed by atoms with E-state index in [1.807, 2.05) is 27.7 Å². The largest absolute Gasteiger partial charge is 0.508 e. The summed E-state index contributed by atoms with van der Waals surface area (Å²) in [5.41, 5.74) is -0.0594. The van der Waals surface area contributed by atoms with Gasteiger partial charge in [-0.05, 0) is 64.1 Å². The minimum Gasteiger partial charge on any atom is -0.508 e. The van der Waals surface area contributed by atoms with Crippen LogP contribution < -0.4 is 10.9 Å². The molecule has 0 radical (unpaired) electrons. The standard InChI is InChI=1S/C12H16BClO3.C6H6BClO3/c1-11(2)12(3,4)17-13(16-11)9-7-8(15)5-6-10(9)14;8-6-2-1-4(9)3-5(6)7(10)11/h5-7,15H,1-4H3;1-3,9-11H. The smallest absolute Gasteiger partial charge is 0.496 e. The van der Waals surface area contributed by atoms with E-state index in [-0.39, 0.29) is 22.0 Å². The van der Waals surface area contributed by atoms with Crippen molar-refractivity contribution in [1.29, 1.82) is 0 Å². The highest BCUT2D eigenvalue weighted by atomic mass is 35.5.